The molecule has 1 heterocycles. The van der Waals surface area contributed by atoms with Crippen LogP contribution in [0.5, 0.6) is 0 Å². The Bertz CT molecular complexity index is 802. The van der Waals surface area contributed by atoms with Crippen molar-refractivity contribution in [2.75, 3.05) is 25.5 Å². The second kappa shape index (κ2) is 8.60. The average Bonchev–Trinajstić information content (AvgIpc) is 2.88. The second-order valence-electron chi connectivity index (χ2n) is 7.83. The van der Waals surface area contributed by atoms with E-state index < -0.39 is 23.4 Å². The molecule has 0 atom stereocenters. The molecule has 5 amide bonds. The number of anilines is 1. The number of hydrogen-bond acceptors (Lipinski definition) is 5. The Balaban J connectivity index is 1.48. The van der Waals surface area contributed by atoms with Gasteiger partial charge in [-0.1, -0.05) is 37.0 Å². The molecule has 1 aliphatic heterocycles. The van der Waals surface area contributed by atoms with Gasteiger partial charge in [0.25, 0.3) is 11.8 Å². The Morgan fingerprint density at radius 2 is 1.69 bits per heavy atom. The molecule has 2 fully saturated rings. The van der Waals surface area contributed by atoms with Gasteiger partial charge in [0.15, 0.2) is 0 Å². The van der Waals surface area contributed by atoms with E-state index in [2.05, 4.69) is 16.1 Å². The van der Waals surface area contributed by atoms with Gasteiger partial charge in [0.2, 0.25) is 5.91 Å². The number of urea groups is 1. The Kier molecular flexibility index (Phi) is 6.17. The van der Waals surface area contributed by atoms with E-state index in [9.17, 15) is 19.2 Å². The predicted molar refractivity (Wildman–Crippen MR) is 107 cm³/mol. The van der Waals surface area contributed by atoms with Crippen LogP contribution in [0.1, 0.15) is 37.7 Å². The number of nitrogens with zero attached hydrogens (tertiary/aromatic N) is 2. The first-order chi connectivity index (χ1) is 13.8. The van der Waals surface area contributed by atoms with Crippen molar-refractivity contribution in [3.8, 4) is 0 Å². The number of hydrogen-bond donors (Lipinski definition) is 3. The van der Waals surface area contributed by atoms with Gasteiger partial charge in [-0.05, 0) is 38.9 Å². The Morgan fingerprint density at radius 1 is 1.07 bits per heavy atom. The van der Waals surface area contributed by atoms with Crippen LogP contribution in [-0.4, -0.2) is 59.3 Å². The maximum atomic E-state index is 12.7. The molecule has 1 saturated heterocycles. The zero-order valence-electron chi connectivity index (χ0n) is 16.8. The van der Waals surface area contributed by atoms with Crippen LogP contribution >= 0.6 is 0 Å². The lowest BCUT2D eigenvalue weighted by Gasteiger charge is -2.30. The fourth-order valence-corrected chi connectivity index (χ4v) is 3.76. The van der Waals surface area contributed by atoms with E-state index >= 15 is 0 Å². The summed E-state index contributed by atoms with van der Waals surface area (Å²) >= 11 is 0. The van der Waals surface area contributed by atoms with Gasteiger partial charge in [-0.2, -0.15) is 5.01 Å². The lowest BCUT2D eigenvalue weighted by atomic mass is 9.82. The van der Waals surface area contributed by atoms with Crippen molar-refractivity contribution >= 4 is 29.4 Å². The smallest absolute Gasteiger partial charge is 0.325 e. The molecular formula is C20H27N5O4. The van der Waals surface area contributed by atoms with Gasteiger partial charge in [0, 0.05) is 5.69 Å². The molecule has 1 saturated carbocycles. The van der Waals surface area contributed by atoms with Crippen LogP contribution in [0, 0.1) is 6.92 Å². The van der Waals surface area contributed by atoms with E-state index in [0.717, 1.165) is 29.8 Å². The summed E-state index contributed by atoms with van der Waals surface area (Å²) in [7, 11) is 1.61. The van der Waals surface area contributed by atoms with Crippen molar-refractivity contribution < 1.29 is 19.2 Å². The molecule has 0 bridgehead atoms. The van der Waals surface area contributed by atoms with Gasteiger partial charge in [0.1, 0.15) is 5.54 Å². The van der Waals surface area contributed by atoms with E-state index in [1.807, 2.05) is 19.1 Å². The van der Waals surface area contributed by atoms with Crippen LogP contribution in [-0.2, 0) is 14.4 Å². The molecule has 156 valence electrons. The number of amides is 5. The minimum atomic E-state index is -0.886. The van der Waals surface area contributed by atoms with Crippen LogP contribution in [0.4, 0.5) is 10.5 Å². The van der Waals surface area contributed by atoms with E-state index in [1.54, 1.807) is 19.2 Å². The minimum absolute atomic E-state index is 0.00855. The molecule has 2 aliphatic rings. The maximum absolute atomic E-state index is 12.7. The van der Waals surface area contributed by atoms with Gasteiger partial charge >= 0.3 is 6.03 Å². The monoisotopic (exact) mass is 401 g/mol. The van der Waals surface area contributed by atoms with Gasteiger partial charge in [0.05, 0.1) is 13.1 Å². The third-order valence-corrected chi connectivity index (χ3v) is 5.27. The Hall–Kier alpha value is -2.94. The highest BCUT2D eigenvalue weighted by molar-refractivity contribution is 6.08. The molecular weight excluding hydrogens is 374 g/mol. The number of hydrazine groups is 1. The molecule has 9 heteroatoms. The summed E-state index contributed by atoms with van der Waals surface area (Å²) < 4.78 is 0. The number of carbonyl (C=O) groups is 4. The number of carbonyl (C=O) groups excluding carboxylic acids is 4. The standard InChI is InChI=1S/C20H27N5O4/c1-14-6-8-15(9-7-14)21-16(26)12-24(2)13-17(27)23-25-18(28)20(22-19(25)29)10-4-3-5-11-20/h6-9H,3-5,10-13H2,1-2H3,(H,21,26)(H,22,29)(H,23,27). The molecule has 3 rings (SSSR count). The summed E-state index contributed by atoms with van der Waals surface area (Å²) in [6.45, 7) is 1.82. The summed E-state index contributed by atoms with van der Waals surface area (Å²) in [4.78, 5) is 50.8. The third-order valence-electron chi connectivity index (χ3n) is 5.27. The topological polar surface area (TPSA) is 111 Å². The number of imide groups is 1. The minimum Gasteiger partial charge on any atom is -0.325 e. The number of rotatable bonds is 6. The maximum Gasteiger partial charge on any atom is 0.344 e. The first-order valence-corrected chi connectivity index (χ1v) is 9.80. The third kappa shape index (κ3) is 4.92. The predicted octanol–water partition coefficient (Wildman–Crippen LogP) is 1.15. The van der Waals surface area contributed by atoms with Gasteiger partial charge < -0.3 is 10.6 Å². The molecule has 0 aromatic heterocycles. The van der Waals surface area contributed by atoms with Crippen molar-refractivity contribution in [3.05, 3.63) is 29.8 Å². The molecule has 1 aromatic carbocycles. The summed E-state index contributed by atoms with van der Waals surface area (Å²) in [5.74, 6) is -1.21. The van der Waals surface area contributed by atoms with E-state index in [0.29, 0.717) is 18.5 Å². The second-order valence-corrected chi connectivity index (χ2v) is 7.83. The molecule has 1 aliphatic carbocycles. The fourth-order valence-electron chi connectivity index (χ4n) is 3.76. The highest BCUT2D eigenvalue weighted by atomic mass is 16.2. The first-order valence-electron chi connectivity index (χ1n) is 9.80. The number of aryl methyl sites for hydroxylation is 1. The molecule has 9 nitrogen and oxygen atoms in total. The number of nitrogens with one attached hydrogen (secondary N) is 3. The summed E-state index contributed by atoms with van der Waals surface area (Å²) in [6, 6.07) is 6.79. The SMILES string of the molecule is Cc1ccc(NC(=O)CN(C)CC(=O)NN2C(=O)NC3(CCCCC3)C2=O)cc1. The van der Waals surface area contributed by atoms with E-state index in [-0.39, 0.29) is 19.0 Å². The quantitative estimate of drug-likeness (QED) is 0.620. The number of likely N-dealkylation sites (N-methyl/N-ethyl adjacent to an activating group) is 1. The van der Waals surface area contributed by atoms with Crippen LogP contribution in [0.2, 0.25) is 0 Å². The average molecular weight is 401 g/mol. The Morgan fingerprint density at radius 3 is 2.34 bits per heavy atom. The van der Waals surface area contributed by atoms with Gasteiger partial charge in [-0.15, -0.1) is 0 Å². The van der Waals surface area contributed by atoms with Crippen LogP contribution in [0.3, 0.4) is 0 Å². The van der Waals surface area contributed by atoms with E-state index in [4.69, 9.17) is 0 Å². The normalized spacial score (nSPS) is 18.1. The summed E-state index contributed by atoms with van der Waals surface area (Å²) in [5.41, 5.74) is 3.25. The van der Waals surface area contributed by atoms with Gasteiger partial charge in [-0.25, -0.2) is 4.79 Å². The first kappa shape index (κ1) is 20.8. The lowest BCUT2D eigenvalue weighted by molar-refractivity contribution is -0.140. The van der Waals surface area contributed by atoms with Crippen LogP contribution in [0.25, 0.3) is 0 Å². The molecule has 1 spiro atoms. The Labute approximate surface area is 169 Å². The summed E-state index contributed by atoms with van der Waals surface area (Å²) in [5, 5.41) is 6.27. The highest BCUT2D eigenvalue weighted by Crippen LogP contribution is 2.32. The summed E-state index contributed by atoms with van der Waals surface area (Å²) in [6.07, 6.45) is 3.94. The van der Waals surface area contributed by atoms with Crippen molar-refractivity contribution in [3.63, 3.8) is 0 Å². The highest BCUT2D eigenvalue weighted by Gasteiger charge is 2.52. The van der Waals surface area contributed by atoms with Crippen molar-refractivity contribution in [2.24, 2.45) is 0 Å². The van der Waals surface area contributed by atoms with E-state index in [1.165, 1.54) is 4.90 Å². The van der Waals surface area contributed by atoms with Crippen molar-refractivity contribution in [1.29, 1.82) is 0 Å². The van der Waals surface area contributed by atoms with Crippen LogP contribution < -0.4 is 16.1 Å². The zero-order valence-corrected chi connectivity index (χ0v) is 16.8. The van der Waals surface area contributed by atoms with Crippen LogP contribution in [0.15, 0.2) is 24.3 Å². The number of benzene rings is 1. The lowest BCUT2D eigenvalue weighted by Crippen LogP contribution is -2.52. The van der Waals surface area contributed by atoms with Crippen molar-refractivity contribution in [1.82, 2.24) is 20.7 Å². The van der Waals surface area contributed by atoms with Gasteiger partial charge in [-0.3, -0.25) is 24.7 Å². The fraction of sp³-hybridized carbons (Fsp3) is 0.500. The van der Waals surface area contributed by atoms with Crippen molar-refractivity contribution in [2.45, 2.75) is 44.6 Å². The molecule has 29 heavy (non-hydrogen) atoms. The zero-order chi connectivity index (χ0) is 21.0. The largest absolute Gasteiger partial charge is 0.344 e. The molecule has 0 unspecified atom stereocenters. The molecule has 3 N–H and O–H groups in total. The molecule has 0 radical (unpaired) electrons. The molecule has 1 aromatic rings.